The third-order valence-electron chi connectivity index (χ3n) is 14.6. The van der Waals surface area contributed by atoms with Gasteiger partial charge in [-0.15, -0.1) is 21.5 Å². The van der Waals surface area contributed by atoms with Gasteiger partial charge in [0.25, 0.3) is 0 Å². The molecule has 0 saturated carbocycles. The molecule has 308 valence electrons. The van der Waals surface area contributed by atoms with Crippen molar-refractivity contribution in [1.82, 2.24) is 19.7 Å². The topological polar surface area (TPSA) is 69.8 Å². The van der Waals surface area contributed by atoms with Gasteiger partial charge in [-0.25, -0.2) is 0 Å². The van der Waals surface area contributed by atoms with E-state index in [9.17, 15) is 5.11 Å². The highest BCUT2D eigenvalue weighted by molar-refractivity contribution is 7.15. The van der Waals surface area contributed by atoms with Gasteiger partial charge in [-0.2, -0.15) is 0 Å². The van der Waals surface area contributed by atoms with Crippen LogP contribution < -0.4 is 4.90 Å². The number of thiophene rings is 1. The summed E-state index contributed by atoms with van der Waals surface area (Å²) >= 11 is 1.82. The van der Waals surface area contributed by atoms with Crippen LogP contribution in [0.3, 0.4) is 0 Å². The number of aryl methyl sites for hydroxylation is 3. The van der Waals surface area contributed by atoms with E-state index in [1.165, 1.54) is 105 Å². The van der Waals surface area contributed by atoms with Crippen LogP contribution in [0.1, 0.15) is 131 Å². The Kier molecular flexibility index (Phi) is 10.3. The number of piperidine rings is 2. The minimum Gasteiger partial charge on any atom is -0.508 e. The highest BCUT2D eigenvalue weighted by Crippen LogP contribution is 2.47. The number of phenols is 1. The molecule has 8 heteroatoms. The van der Waals surface area contributed by atoms with Crippen LogP contribution in [-0.2, 0) is 6.42 Å². The molecule has 1 N–H and O–H groups in total. The van der Waals surface area contributed by atoms with Crippen molar-refractivity contribution < 1.29 is 5.11 Å². The molecular weight excluding hydrogens is 757 g/mol. The lowest BCUT2D eigenvalue weighted by Gasteiger charge is -2.44. The van der Waals surface area contributed by atoms with Crippen molar-refractivity contribution in [1.29, 1.82) is 0 Å². The number of aliphatic imine (C=N–C) groups is 1. The van der Waals surface area contributed by atoms with Crippen molar-refractivity contribution in [2.75, 3.05) is 37.6 Å². The summed E-state index contributed by atoms with van der Waals surface area (Å²) in [6.07, 6.45) is 6.97. The Morgan fingerprint density at radius 2 is 1.50 bits per heavy atom. The third-order valence-corrected chi connectivity index (χ3v) is 15.8. The highest BCUT2D eigenvalue weighted by atomic mass is 32.1. The number of aromatic nitrogens is 3. The van der Waals surface area contributed by atoms with Crippen LogP contribution in [0.25, 0.3) is 5.00 Å². The molecule has 3 atom stereocenters. The zero-order chi connectivity index (χ0) is 41.1. The predicted octanol–water partition coefficient (Wildman–Crippen LogP) is 11.2. The molecule has 7 nitrogen and oxygen atoms in total. The normalized spacial score (nSPS) is 21.8. The maximum Gasteiger partial charge on any atom is 0.162 e. The molecule has 6 aromatic rings. The van der Waals surface area contributed by atoms with Crippen LogP contribution in [0.4, 0.5) is 5.69 Å². The van der Waals surface area contributed by atoms with Gasteiger partial charge in [0.1, 0.15) is 22.6 Å². The molecule has 0 amide bonds. The molecule has 4 aromatic carbocycles. The number of benzene rings is 4. The molecule has 0 bridgehead atoms. The first-order chi connectivity index (χ1) is 29.1. The molecule has 0 radical (unpaired) electrons. The Morgan fingerprint density at radius 3 is 2.23 bits per heavy atom. The Labute approximate surface area is 359 Å². The van der Waals surface area contributed by atoms with Crippen molar-refractivity contribution in [3.63, 3.8) is 0 Å². The Balaban J connectivity index is 0.760. The lowest BCUT2D eigenvalue weighted by atomic mass is 9.69. The van der Waals surface area contributed by atoms with E-state index in [-0.39, 0.29) is 6.04 Å². The fourth-order valence-electron chi connectivity index (χ4n) is 11.0. The molecule has 0 unspecified atom stereocenters. The van der Waals surface area contributed by atoms with E-state index in [1.807, 2.05) is 30.4 Å². The minimum absolute atomic E-state index is 0.0746. The summed E-state index contributed by atoms with van der Waals surface area (Å²) in [6, 6.07) is 35.9. The number of rotatable bonds is 7. The van der Waals surface area contributed by atoms with E-state index < -0.39 is 0 Å². The second-order valence-electron chi connectivity index (χ2n) is 18.5. The van der Waals surface area contributed by atoms with E-state index in [1.54, 1.807) is 0 Å². The van der Waals surface area contributed by atoms with Crippen molar-refractivity contribution in [2.24, 2.45) is 10.4 Å². The molecule has 1 aliphatic carbocycles. The molecule has 3 aliphatic heterocycles. The van der Waals surface area contributed by atoms with Gasteiger partial charge in [0.15, 0.2) is 5.82 Å². The van der Waals surface area contributed by atoms with Crippen LogP contribution in [0.5, 0.6) is 5.75 Å². The highest BCUT2D eigenvalue weighted by Gasteiger charge is 2.36. The number of fused-ring (bicyclic) bond motifs is 4. The first kappa shape index (κ1) is 39.1. The fraction of sp³-hybridized carbons (Fsp3) is 0.404. The maximum absolute atomic E-state index is 10.3. The molecule has 0 spiro atoms. The van der Waals surface area contributed by atoms with Gasteiger partial charge in [0, 0.05) is 47.2 Å². The van der Waals surface area contributed by atoms with E-state index in [4.69, 9.17) is 4.99 Å². The van der Waals surface area contributed by atoms with Crippen molar-refractivity contribution in [3.05, 3.63) is 158 Å². The lowest BCUT2D eigenvalue weighted by Crippen LogP contribution is -2.46. The largest absolute Gasteiger partial charge is 0.508 e. The quantitative estimate of drug-likeness (QED) is 0.174. The molecule has 2 aromatic heterocycles. The van der Waals surface area contributed by atoms with Gasteiger partial charge >= 0.3 is 0 Å². The summed E-state index contributed by atoms with van der Waals surface area (Å²) < 4.78 is 2.22. The van der Waals surface area contributed by atoms with Crippen LogP contribution >= 0.6 is 11.3 Å². The minimum atomic E-state index is -0.0746. The molecule has 5 heterocycles. The number of phenolic OH excluding ortho intramolecular Hbond substituents is 1. The van der Waals surface area contributed by atoms with Crippen LogP contribution in [0, 0.1) is 26.2 Å². The van der Waals surface area contributed by atoms with Gasteiger partial charge in [-0.1, -0.05) is 79.7 Å². The number of hydrogen-bond acceptors (Lipinski definition) is 7. The molecule has 2 fully saturated rings. The van der Waals surface area contributed by atoms with Crippen LogP contribution in [0.2, 0.25) is 0 Å². The molecule has 4 aliphatic rings. The smallest absolute Gasteiger partial charge is 0.162 e. The number of likely N-dealkylation sites (tertiary alicyclic amines) is 1. The summed E-state index contributed by atoms with van der Waals surface area (Å²) in [5.74, 6) is 3.54. The first-order valence-corrected chi connectivity index (χ1v) is 23.1. The second-order valence-corrected chi connectivity index (χ2v) is 19.7. The van der Waals surface area contributed by atoms with E-state index in [2.05, 4.69) is 137 Å². The average molecular weight is 815 g/mol. The Bertz CT molecular complexity index is 2520. The number of anilines is 1. The van der Waals surface area contributed by atoms with Gasteiger partial charge < -0.3 is 14.9 Å². The van der Waals surface area contributed by atoms with Crippen molar-refractivity contribution >= 4 is 22.7 Å². The maximum atomic E-state index is 10.3. The zero-order valence-corrected chi connectivity index (χ0v) is 36.7. The standard InChI is InChI=1S/C52H58N6OS/c1-33-35(3)60-51-47(33)49(53-34(2)50-55-54-36(4)58(50)51)41-15-18-43(19-16-41)57-29-25-52(5,26-30-57)32-56-27-23-38(24-28-56)37-11-13-40(14-12-37)48-45(39-9-7-6-8-10-39)21-17-42-31-44(59)20-22-46(42)48/h6-16,18-20,22,31,34,38,45,48,59H,17,21,23-30,32H2,1-5H3/t34-,45+,48-/m0/s1. The summed E-state index contributed by atoms with van der Waals surface area (Å²) in [6.45, 7) is 16.8. The zero-order valence-electron chi connectivity index (χ0n) is 35.9. The monoisotopic (exact) mass is 814 g/mol. The van der Waals surface area contributed by atoms with E-state index in [0.29, 0.717) is 28.9 Å². The molecule has 10 rings (SSSR count). The summed E-state index contributed by atoms with van der Waals surface area (Å²) in [5, 5.41) is 20.4. The number of hydrogen-bond donors (Lipinski definition) is 1. The Hall–Kier alpha value is -5.05. The second kappa shape index (κ2) is 15.8. The summed E-state index contributed by atoms with van der Waals surface area (Å²) in [7, 11) is 0. The Morgan fingerprint density at radius 1 is 0.783 bits per heavy atom. The molecule has 60 heavy (non-hydrogen) atoms. The van der Waals surface area contributed by atoms with Gasteiger partial charge in [0.05, 0.1) is 5.71 Å². The first-order valence-electron chi connectivity index (χ1n) is 22.3. The lowest BCUT2D eigenvalue weighted by molar-refractivity contribution is 0.112. The SMILES string of the molecule is Cc1sc2c(c1C)C(c1ccc(N3CCC(C)(CN4CCC(c5ccc([C@@H]6c7ccc(O)cc7CC[C@@H]6c6ccccc6)cc5)CC4)CC3)cc1)=N[C@@H](C)c1nnc(C)n1-2. The van der Waals surface area contributed by atoms with Gasteiger partial charge in [-0.05, 0) is 154 Å². The number of aromatic hydroxyl groups is 1. The average Bonchev–Trinajstić information content (AvgIpc) is 3.76. The molecule has 2 saturated heterocycles. The summed E-state index contributed by atoms with van der Waals surface area (Å²) in [4.78, 5) is 11.9. The van der Waals surface area contributed by atoms with Gasteiger partial charge in [-0.3, -0.25) is 9.56 Å². The molecular formula is C52H58N6OS. The van der Waals surface area contributed by atoms with Crippen LogP contribution in [0.15, 0.2) is 102 Å². The summed E-state index contributed by atoms with van der Waals surface area (Å²) in [5.41, 5.74) is 13.3. The fourth-order valence-corrected chi connectivity index (χ4v) is 12.2. The van der Waals surface area contributed by atoms with Crippen molar-refractivity contribution in [2.45, 2.75) is 96.9 Å². The van der Waals surface area contributed by atoms with Gasteiger partial charge in [0.2, 0.25) is 0 Å². The van der Waals surface area contributed by atoms with E-state index in [0.717, 1.165) is 43.3 Å². The predicted molar refractivity (Wildman–Crippen MR) is 246 cm³/mol. The van der Waals surface area contributed by atoms with Crippen LogP contribution in [-0.4, -0.2) is 63.2 Å². The third kappa shape index (κ3) is 7.19. The van der Waals surface area contributed by atoms with E-state index >= 15 is 0 Å². The number of nitrogens with zero attached hydrogens (tertiary/aromatic N) is 6. The van der Waals surface area contributed by atoms with Crippen molar-refractivity contribution in [3.8, 4) is 10.8 Å².